The summed E-state index contributed by atoms with van der Waals surface area (Å²) in [5.74, 6) is -1.50. The van der Waals surface area contributed by atoms with Crippen LogP contribution in [0.1, 0.15) is 34.7 Å². The molecule has 0 aromatic heterocycles. The molecule has 9 heteroatoms. The van der Waals surface area contributed by atoms with E-state index >= 15 is 4.39 Å². The minimum absolute atomic E-state index is 0.00747. The van der Waals surface area contributed by atoms with E-state index in [-0.39, 0.29) is 23.6 Å². The highest BCUT2D eigenvalue weighted by atomic mass is 19.4. The number of amidine groups is 1. The number of carbonyl (C=O) groups is 1. The maximum atomic E-state index is 15.3. The van der Waals surface area contributed by atoms with Gasteiger partial charge in [0, 0.05) is 16.8 Å². The van der Waals surface area contributed by atoms with Crippen molar-refractivity contribution in [1.82, 2.24) is 0 Å². The lowest BCUT2D eigenvalue weighted by Gasteiger charge is -2.38. The van der Waals surface area contributed by atoms with E-state index in [0.717, 1.165) is 12.1 Å². The predicted octanol–water partition coefficient (Wildman–Crippen LogP) is 8.16. The summed E-state index contributed by atoms with van der Waals surface area (Å²) in [5, 5.41) is 0. The summed E-state index contributed by atoms with van der Waals surface area (Å²) < 4.78 is 75.0. The molecule has 1 aliphatic heterocycles. The van der Waals surface area contributed by atoms with Gasteiger partial charge in [-0.1, -0.05) is 48.5 Å². The lowest BCUT2D eigenvalue weighted by molar-refractivity contribution is -0.141. The summed E-state index contributed by atoms with van der Waals surface area (Å²) in [6.07, 6.45) is -4.89. The molecule has 5 rings (SSSR count). The lowest BCUT2D eigenvalue weighted by Crippen LogP contribution is -2.39. The van der Waals surface area contributed by atoms with Crippen LogP contribution < -0.4 is 4.90 Å². The summed E-state index contributed by atoms with van der Waals surface area (Å²) in [4.78, 5) is 18.6. The van der Waals surface area contributed by atoms with Crippen LogP contribution in [0.3, 0.4) is 0 Å². The van der Waals surface area contributed by atoms with Crippen LogP contribution in [-0.2, 0) is 15.7 Å². The number of nitrogens with zero attached hydrogens (tertiary/aromatic N) is 2. The van der Waals surface area contributed by atoms with Crippen LogP contribution in [0.2, 0.25) is 0 Å². The monoisotopic (exact) mass is 550 g/mol. The minimum Gasteiger partial charge on any atom is -0.469 e. The Bertz CT molecular complexity index is 1610. The summed E-state index contributed by atoms with van der Waals surface area (Å²) in [5.41, 5.74) is 1.91. The molecule has 1 aliphatic rings. The molecule has 0 amide bonds. The first-order chi connectivity index (χ1) is 19.0. The molecule has 1 heterocycles. The molecule has 1 atom stereocenters. The van der Waals surface area contributed by atoms with Gasteiger partial charge >= 0.3 is 12.1 Å². The number of hydrogen-bond acceptors (Lipinski definition) is 4. The van der Waals surface area contributed by atoms with Crippen molar-refractivity contribution in [3.05, 3.63) is 119 Å². The van der Waals surface area contributed by atoms with E-state index in [0.29, 0.717) is 27.8 Å². The minimum atomic E-state index is -4.62. The number of rotatable bonds is 5. The van der Waals surface area contributed by atoms with Crippen molar-refractivity contribution in [2.24, 2.45) is 4.99 Å². The van der Waals surface area contributed by atoms with Gasteiger partial charge in [-0.15, -0.1) is 0 Å². The fraction of sp³-hybridized carbons (Fsp3) is 0.161. The molecule has 204 valence electrons. The van der Waals surface area contributed by atoms with Gasteiger partial charge < -0.3 is 9.64 Å². The van der Waals surface area contributed by atoms with Crippen LogP contribution in [0.25, 0.3) is 11.1 Å². The van der Waals surface area contributed by atoms with Gasteiger partial charge in [-0.05, 0) is 60.0 Å². The van der Waals surface area contributed by atoms with E-state index in [1.54, 1.807) is 49.4 Å². The number of fused-ring (bicyclic) bond motifs is 1. The van der Waals surface area contributed by atoms with E-state index in [2.05, 4.69) is 4.99 Å². The number of aliphatic imine (C=N–C) groups is 1. The fourth-order valence-corrected chi connectivity index (χ4v) is 4.84. The van der Waals surface area contributed by atoms with Gasteiger partial charge in [-0.25, -0.2) is 13.8 Å². The number of alkyl halides is 3. The largest absolute Gasteiger partial charge is 0.469 e. The Kier molecular flexibility index (Phi) is 7.14. The highest BCUT2D eigenvalue weighted by Gasteiger charge is 2.37. The number of carbonyl (C=O) groups excluding carboxylic acids is 1. The van der Waals surface area contributed by atoms with E-state index in [1.807, 2.05) is 0 Å². The number of benzene rings is 4. The molecule has 4 aromatic carbocycles. The molecule has 0 saturated carbocycles. The van der Waals surface area contributed by atoms with Gasteiger partial charge in [0.1, 0.15) is 23.2 Å². The molecule has 40 heavy (non-hydrogen) atoms. The third kappa shape index (κ3) is 5.32. The molecule has 1 unspecified atom stereocenters. The smallest absolute Gasteiger partial charge is 0.416 e. The number of esters is 1. The molecule has 0 bridgehead atoms. The van der Waals surface area contributed by atoms with Crippen LogP contribution in [0.15, 0.2) is 89.9 Å². The predicted molar refractivity (Wildman–Crippen MR) is 142 cm³/mol. The van der Waals surface area contributed by atoms with Crippen molar-refractivity contribution in [3.8, 4) is 11.1 Å². The maximum Gasteiger partial charge on any atom is 0.416 e. The molecular formula is C31H23F5N2O2. The van der Waals surface area contributed by atoms with Crippen LogP contribution >= 0.6 is 0 Å². The average Bonchev–Trinajstić information content (AvgIpc) is 2.92. The zero-order chi connectivity index (χ0) is 28.6. The molecule has 4 nitrogen and oxygen atoms in total. The highest BCUT2D eigenvalue weighted by molar-refractivity contribution is 6.13. The first-order valence-electron chi connectivity index (χ1n) is 12.3. The third-order valence-electron chi connectivity index (χ3n) is 6.69. The number of anilines is 1. The number of halogens is 5. The summed E-state index contributed by atoms with van der Waals surface area (Å²) >= 11 is 0. The van der Waals surface area contributed by atoms with Gasteiger partial charge in [-0.2, -0.15) is 13.2 Å². The summed E-state index contributed by atoms with van der Waals surface area (Å²) in [6, 6.07) is 19.5. The van der Waals surface area contributed by atoms with Crippen molar-refractivity contribution < 1.29 is 31.5 Å². The summed E-state index contributed by atoms with van der Waals surface area (Å²) in [7, 11) is 1.21. The standard InChI is InChI=1S/C31H23F5N2O2/c1-18-13-25-27(17-28(39)40-2)38(24-8-4-6-22(16-24)31(34,35)36)30(37-29(25)26(33)14-18)20-11-9-19(10-12-20)21-5-3-7-23(32)15-21/h3-16,27H,17H2,1-2H3. The molecule has 0 saturated heterocycles. The van der Waals surface area contributed by atoms with Gasteiger partial charge in [0.05, 0.1) is 25.1 Å². The Morgan fingerprint density at radius 1 is 0.900 bits per heavy atom. The normalized spacial score (nSPS) is 14.9. The number of hydrogen-bond donors (Lipinski definition) is 0. The van der Waals surface area contributed by atoms with Crippen LogP contribution in [0.5, 0.6) is 0 Å². The number of aryl methyl sites for hydroxylation is 1. The van der Waals surface area contributed by atoms with E-state index < -0.39 is 35.4 Å². The van der Waals surface area contributed by atoms with E-state index in [9.17, 15) is 22.4 Å². The quantitative estimate of drug-likeness (QED) is 0.186. The van der Waals surface area contributed by atoms with Gasteiger partial charge in [-0.3, -0.25) is 4.79 Å². The zero-order valence-corrected chi connectivity index (χ0v) is 21.5. The fourth-order valence-electron chi connectivity index (χ4n) is 4.84. The summed E-state index contributed by atoms with van der Waals surface area (Å²) in [6.45, 7) is 1.68. The van der Waals surface area contributed by atoms with Crippen molar-refractivity contribution in [2.45, 2.75) is 25.6 Å². The Balaban J connectivity index is 1.71. The molecule has 0 N–H and O–H groups in total. The Morgan fingerprint density at radius 3 is 2.27 bits per heavy atom. The number of methoxy groups -OCH3 is 1. The topological polar surface area (TPSA) is 41.9 Å². The van der Waals surface area contributed by atoms with Crippen molar-refractivity contribution in [2.75, 3.05) is 12.0 Å². The van der Waals surface area contributed by atoms with Crippen molar-refractivity contribution >= 4 is 23.2 Å². The average molecular weight is 551 g/mol. The molecule has 0 aliphatic carbocycles. The second kappa shape index (κ2) is 10.6. The van der Waals surface area contributed by atoms with E-state index in [1.165, 1.54) is 42.3 Å². The first-order valence-corrected chi connectivity index (χ1v) is 12.3. The lowest BCUT2D eigenvalue weighted by atomic mass is 9.93. The highest BCUT2D eigenvalue weighted by Crippen LogP contribution is 2.44. The van der Waals surface area contributed by atoms with Crippen LogP contribution in [-0.4, -0.2) is 18.9 Å². The molecule has 0 spiro atoms. The van der Waals surface area contributed by atoms with Crippen molar-refractivity contribution in [1.29, 1.82) is 0 Å². The SMILES string of the molecule is COC(=O)CC1c2cc(C)cc(F)c2N=C(c2ccc(-c3cccc(F)c3)cc2)N1c1cccc(C(F)(F)F)c1. The number of ether oxygens (including phenoxy) is 1. The Hall–Kier alpha value is -4.53. The molecule has 0 fully saturated rings. The van der Waals surface area contributed by atoms with E-state index in [4.69, 9.17) is 4.74 Å². The molecule has 4 aromatic rings. The van der Waals surface area contributed by atoms with Crippen LogP contribution in [0, 0.1) is 18.6 Å². The maximum absolute atomic E-state index is 15.3. The Morgan fingerprint density at radius 2 is 1.60 bits per heavy atom. The van der Waals surface area contributed by atoms with Crippen molar-refractivity contribution in [3.63, 3.8) is 0 Å². The second-order valence-corrected chi connectivity index (χ2v) is 9.42. The first kappa shape index (κ1) is 27.1. The molecular weight excluding hydrogens is 527 g/mol. The molecule has 0 radical (unpaired) electrons. The second-order valence-electron chi connectivity index (χ2n) is 9.42. The van der Waals surface area contributed by atoms with Gasteiger partial charge in [0.15, 0.2) is 0 Å². The third-order valence-corrected chi connectivity index (χ3v) is 6.69. The van der Waals surface area contributed by atoms with Gasteiger partial charge in [0.25, 0.3) is 0 Å². The zero-order valence-electron chi connectivity index (χ0n) is 21.5. The van der Waals surface area contributed by atoms with Gasteiger partial charge in [0.2, 0.25) is 0 Å². The Labute approximate surface area is 227 Å². The van der Waals surface area contributed by atoms with Crippen LogP contribution in [0.4, 0.5) is 33.3 Å².